The van der Waals surface area contributed by atoms with Crippen molar-refractivity contribution in [3.05, 3.63) is 42.7 Å². The van der Waals surface area contributed by atoms with Crippen LogP contribution in [0.5, 0.6) is 5.75 Å². The molecule has 1 unspecified atom stereocenters. The van der Waals surface area contributed by atoms with Gasteiger partial charge in [-0.15, -0.1) is 0 Å². The molecule has 1 aliphatic heterocycles. The van der Waals surface area contributed by atoms with E-state index in [9.17, 15) is 0 Å². The van der Waals surface area contributed by atoms with Gasteiger partial charge < -0.3 is 14.1 Å². The molecule has 3 rings (SSSR count). The quantitative estimate of drug-likeness (QED) is 0.845. The molecule has 1 saturated heterocycles. The van der Waals surface area contributed by atoms with Gasteiger partial charge in [-0.05, 0) is 50.7 Å². The Morgan fingerprint density at radius 3 is 2.90 bits per heavy atom. The number of hydrogen-bond acceptors (Lipinski definition) is 3. The van der Waals surface area contributed by atoms with Gasteiger partial charge in [-0.3, -0.25) is 0 Å². The number of ether oxygens (including phenoxy) is 1. The number of rotatable bonds is 4. The van der Waals surface area contributed by atoms with Crippen molar-refractivity contribution in [3.8, 4) is 17.1 Å². The van der Waals surface area contributed by atoms with Crippen LogP contribution in [0.4, 0.5) is 0 Å². The van der Waals surface area contributed by atoms with Gasteiger partial charge in [0.1, 0.15) is 18.1 Å². The molecule has 0 bridgehead atoms. The van der Waals surface area contributed by atoms with Crippen LogP contribution in [0.25, 0.3) is 11.3 Å². The molecule has 0 saturated carbocycles. The first-order valence-electron chi connectivity index (χ1n) is 7.30. The average molecular weight is 271 g/mol. The van der Waals surface area contributed by atoms with Gasteiger partial charge in [0.2, 0.25) is 0 Å². The van der Waals surface area contributed by atoms with Crippen LogP contribution in [-0.2, 0) is 0 Å². The first-order chi connectivity index (χ1) is 9.84. The number of piperidine rings is 1. The van der Waals surface area contributed by atoms with E-state index in [0.29, 0.717) is 6.04 Å². The largest absolute Gasteiger partial charge is 0.491 e. The second-order valence-corrected chi connectivity index (χ2v) is 5.41. The Kier molecular flexibility index (Phi) is 4.07. The lowest BCUT2D eigenvalue weighted by Gasteiger charge is -2.32. The van der Waals surface area contributed by atoms with Crippen molar-refractivity contribution in [1.29, 1.82) is 0 Å². The summed E-state index contributed by atoms with van der Waals surface area (Å²) >= 11 is 0. The van der Waals surface area contributed by atoms with Crippen molar-refractivity contribution in [2.24, 2.45) is 0 Å². The molecular formula is C17H21NO2. The van der Waals surface area contributed by atoms with E-state index >= 15 is 0 Å². The number of hydrogen-bond donors (Lipinski definition) is 0. The second kappa shape index (κ2) is 6.14. The maximum Gasteiger partial charge on any atom is 0.137 e. The number of benzene rings is 1. The molecule has 1 fully saturated rings. The summed E-state index contributed by atoms with van der Waals surface area (Å²) in [7, 11) is 2.19. The van der Waals surface area contributed by atoms with Crippen LogP contribution in [-0.4, -0.2) is 31.1 Å². The normalized spacial score (nSPS) is 19.9. The Hall–Kier alpha value is -1.74. The number of likely N-dealkylation sites (tertiary alicyclic amines) is 1. The molecule has 0 N–H and O–H groups in total. The van der Waals surface area contributed by atoms with E-state index in [0.717, 1.165) is 23.7 Å². The van der Waals surface area contributed by atoms with Crippen molar-refractivity contribution in [1.82, 2.24) is 4.90 Å². The molecule has 0 aliphatic carbocycles. The van der Waals surface area contributed by atoms with E-state index in [-0.39, 0.29) is 0 Å². The van der Waals surface area contributed by atoms with E-state index < -0.39 is 0 Å². The lowest BCUT2D eigenvalue weighted by atomic mass is 10.0. The molecule has 1 aromatic heterocycles. The highest BCUT2D eigenvalue weighted by Gasteiger charge is 2.20. The molecular weight excluding hydrogens is 250 g/mol. The first kappa shape index (κ1) is 13.3. The minimum atomic E-state index is 0.522. The SMILES string of the molecule is CN1CCCCC1COc1ccccc1-c1ccco1. The van der Waals surface area contributed by atoms with E-state index in [1.807, 2.05) is 36.4 Å². The number of furan rings is 1. The zero-order valence-electron chi connectivity index (χ0n) is 11.9. The fourth-order valence-electron chi connectivity index (χ4n) is 2.77. The predicted molar refractivity (Wildman–Crippen MR) is 79.9 cm³/mol. The van der Waals surface area contributed by atoms with Crippen LogP contribution >= 0.6 is 0 Å². The number of para-hydroxylation sites is 1. The second-order valence-electron chi connectivity index (χ2n) is 5.41. The van der Waals surface area contributed by atoms with Gasteiger partial charge >= 0.3 is 0 Å². The molecule has 0 amide bonds. The summed E-state index contributed by atoms with van der Waals surface area (Å²) in [6.07, 6.45) is 5.52. The summed E-state index contributed by atoms with van der Waals surface area (Å²) in [5.74, 6) is 1.76. The Morgan fingerprint density at radius 1 is 1.20 bits per heavy atom. The lowest BCUT2D eigenvalue weighted by molar-refractivity contribution is 0.125. The van der Waals surface area contributed by atoms with E-state index in [1.54, 1.807) is 6.26 Å². The Morgan fingerprint density at radius 2 is 2.10 bits per heavy atom. The molecule has 0 spiro atoms. The zero-order chi connectivity index (χ0) is 13.8. The molecule has 3 nitrogen and oxygen atoms in total. The van der Waals surface area contributed by atoms with Crippen LogP contribution in [0, 0.1) is 0 Å². The molecule has 1 atom stereocenters. The van der Waals surface area contributed by atoms with Crippen LogP contribution in [0.3, 0.4) is 0 Å². The molecule has 1 aromatic carbocycles. The van der Waals surface area contributed by atoms with Crippen molar-refractivity contribution < 1.29 is 9.15 Å². The fraction of sp³-hybridized carbons (Fsp3) is 0.412. The zero-order valence-corrected chi connectivity index (χ0v) is 11.9. The van der Waals surface area contributed by atoms with Crippen molar-refractivity contribution in [2.75, 3.05) is 20.2 Å². The van der Waals surface area contributed by atoms with Gasteiger partial charge in [0.05, 0.1) is 11.8 Å². The van der Waals surface area contributed by atoms with Crippen molar-refractivity contribution >= 4 is 0 Å². The highest BCUT2D eigenvalue weighted by atomic mass is 16.5. The van der Waals surface area contributed by atoms with Gasteiger partial charge in [-0.25, -0.2) is 0 Å². The lowest BCUT2D eigenvalue weighted by Crippen LogP contribution is -2.40. The third-order valence-electron chi connectivity index (χ3n) is 4.03. The third-order valence-corrected chi connectivity index (χ3v) is 4.03. The molecule has 20 heavy (non-hydrogen) atoms. The topological polar surface area (TPSA) is 25.6 Å². The third kappa shape index (κ3) is 2.88. The summed E-state index contributed by atoms with van der Waals surface area (Å²) in [5, 5.41) is 0. The first-order valence-corrected chi connectivity index (χ1v) is 7.30. The average Bonchev–Trinajstić information content (AvgIpc) is 3.01. The summed E-state index contributed by atoms with van der Waals surface area (Å²) in [5.41, 5.74) is 1.02. The van der Waals surface area contributed by atoms with Gasteiger partial charge in [0.15, 0.2) is 0 Å². The smallest absolute Gasteiger partial charge is 0.137 e. The molecule has 0 radical (unpaired) electrons. The minimum Gasteiger partial charge on any atom is -0.491 e. The summed E-state index contributed by atoms with van der Waals surface area (Å²) in [6.45, 7) is 1.92. The van der Waals surface area contributed by atoms with Gasteiger partial charge in [-0.2, -0.15) is 0 Å². The van der Waals surface area contributed by atoms with E-state index in [1.165, 1.54) is 25.8 Å². The molecule has 3 heteroatoms. The highest BCUT2D eigenvalue weighted by molar-refractivity contribution is 5.65. The van der Waals surface area contributed by atoms with Gasteiger partial charge in [-0.1, -0.05) is 18.6 Å². The molecule has 1 aliphatic rings. The maximum absolute atomic E-state index is 6.07. The van der Waals surface area contributed by atoms with Gasteiger partial charge in [0, 0.05) is 6.04 Å². The van der Waals surface area contributed by atoms with E-state index in [4.69, 9.17) is 9.15 Å². The fourth-order valence-corrected chi connectivity index (χ4v) is 2.77. The van der Waals surface area contributed by atoms with Crippen LogP contribution in [0.2, 0.25) is 0 Å². The maximum atomic E-state index is 6.07. The Labute approximate surface area is 120 Å². The monoisotopic (exact) mass is 271 g/mol. The highest BCUT2D eigenvalue weighted by Crippen LogP contribution is 2.30. The standard InChI is InChI=1S/C17H21NO2/c1-18-11-5-4-7-14(18)13-20-17-9-3-2-8-15(17)16-10-6-12-19-16/h2-3,6,8-10,12,14H,4-5,7,11,13H2,1H3. The molecule has 106 valence electrons. The van der Waals surface area contributed by atoms with Crippen LogP contribution in [0.1, 0.15) is 19.3 Å². The number of likely N-dealkylation sites (N-methyl/N-ethyl adjacent to an activating group) is 1. The summed E-state index contributed by atoms with van der Waals surface area (Å²) in [4.78, 5) is 2.40. The predicted octanol–water partition coefficient (Wildman–Crippen LogP) is 3.81. The number of nitrogens with zero attached hydrogens (tertiary/aromatic N) is 1. The van der Waals surface area contributed by atoms with Crippen molar-refractivity contribution in [3.63, 3.8) is 0 Å². The van der Waals surface area contributed by atoms with Gasteiger partial charge in [0.25, 0.3) is 0 Å². The molecule has 2 aromatic rings. The van der Waals surface area contributed by atoms with Crippen molar-refractivity contribution in [2.45, 2.75) is 25.3 Å². The molecule has 2 heterocycles. The Bertz CT molecular complexity index is 536. The minimum absolute atomic E-state index is 0.522. The van der Waals surface area contributed by atoms with E-state index in [2.05, 4.69) is 11.9 Å². The van der Waals surface area contributed by atoms with Crippen LogP contribution < -0.4 is 4.74 Å². The summed E-state index contributed by atoms with van der Waals surface area (Å²) < 4.78 is 11.6. The Balaban J connectivity index is 1.71. The summed E-state index contributed by atoms with van der Waals surface area (Å²) in [6, 6.07) is 12.5. The van der Waals surface area contributed by atoms with Crippen LogP contribution in [0.15, 0.2) is 47.1 Å².